The molecule has 1 heterocycles. The van der Waals surface area contributed by atoms with Crippen molar-refractivity contribution in [2.75, 3.05) is 13.2 Å². The Morgan fingerprint density at radius 2 is 2.50 bits per heavy atom. The molecule has 1 aliphatic heterocycles. The van der Waals surface area contributed by atoms with Crippen molar-refractivity contribution >= 4 is 0 Å². The Hall–Kier alpha value is -0.150. The van der Waals surface area contributed by atoms with E-state index in [4.69, 9.17) is 9.47 Å². The number of ether oxygens (including phenoxy) is 2. The van der Waals surface area contributed by atoms with Crippen LogP contribution in [-0.4, -0.2) is 25.7 Å². The van der Waals surface area contributed by atoms with Gasteiger partial charge in [0.15, 0.2) is 6.36 Å². The fourth-order valence-corrected chi connectivity index (χ4v) is 0.686. The second-order valence-corrected chi connectivity index (χ2v) is 2.49. The number of epoxide rings is 1. The van der Waals surface area contributed by atoms with E-state index in [2.05, 4.69) is 0 Å². The van der Waals surface area contributed by atoms with E-state index in [0.29, 0.717) is 13.0 Å². The molecular weight excluding hydrogens is 135 g/mol. The van der Waals surface area contributed by atoms with E-state index < -0.39 is 6.36 Å². The Morgan fingerprint density at radius 1 is 1.80 bits per heavy atom. The van der Waals surface area contributed by atoms with Crippen LogP contribution in [0.5, 0.6) is 0 Å². The molecule has 0 aromatic heterocycles. The molecule has 3 heteroatoms. The topological polar surface area (TPSA) is 21.8 Å². The van der Waals surface area contributed by atoms with Gasteiger partial charge in [-0.2, -0.15) is 0 Å². The summed E-state index contributed by atoms with van der Waals surface area (Å²) >= 11 is 0. The zero-order chi connectivity index (χ0) is 7.40. The smallest absolute Gasteiger partial charge is 0.198 e. The highest BCUT2D eigenvalue weighted by molar-refractivity contribution is 4.67. The fourth-order valence-electron chi connectivity index (χ4n) is 0.686. The molecule has 60 valence electrons. The van der Waals surface area contributed by atoms with Crippen LogP contribution in [0.1, 0.15) is 19.8 Å². The highest BCUT2D eigenvalue weighted by atomic mass is 19.1. The first-order valence-corrected chi connectivity index (χ1v) is 3.70. The van der Waals surface area contributed by atoms with Crippen molar-refractivity contribution in [3.05, 3.63) is 0 Å². The molecule has 2 unspecified atom stereocenters. The fraction of sp³-hybridized carbons (Fsp3) is 1.00. The van der Waals surface area contributed by atoms with Crippen molar-refractivity contribution in [2.24, 2.45) is 0 Å². The van der Waals surface area contributed by atoms with Gasteiger partial charge in [0.2, 0.25) is 0 Å². The first kappa shape index (κ1) is 7.95. The molecule has 0 N–H and O–H groups in total. The molecule has 1 fully saturated rings. The molecule has 0 aliphatic carbocycles. The van der Waals surface area contributed by atoms with Gasteiger partial charge in [0.25, 0.3) is 0 Å². The molecule has 1 aliphatic rings. The molecule has 10 heavy (non-hydrogen) atoms. The quantitative estimate of drug-likeness (QED) is 0.551. The summed E-state index contributed by atoms with van der Waals surface area (Å²) in [7, 11) is 0. The molecule has 0 bridgehead atoms. The van der Waals surface area contributed by atoms with Gasteiger partial charge in [0.1, 0.15) is 6.10 Å². The summed E-state index contributed by atoms with van der Waals surface area (Å²) in [5, 5.41) is 0. The average molecular weight is 148 g/mol. The Kier molecular flexibility index (Phi) is 3.09. The highest BCUT2D eigenvalue weighted by Crippen LogP contribution is 2.11. The third-order valence-corrected chi connectivity index (χ3v) is 1.38. The maximum absolute atomic E-state index is 12.5. The van der Waals surface area contributed by atoms with Crippen molar-refractivity contribution in [3.8, 4) is 0 Å². The summed E-state index contributed by atoms with van der Waals surface area (Å²) in [5.74, 6) is 0. The maximum atomic E-state index is 12.5. The van der Waals surface area contributed by atoms with E-state index in [1.807, 2.05) is 6.92 Å². The highest BCUT2D eigenvalue weighted by Gasteiger charge is 2.23. The van der Waals surface area contributed by atoms with E-state index >= 15 is 0 Å². The van der Waals surface area contributed by atoms with Gasteiger partial charge >= 0.3 is 0 Å². The molecule has 2 nitrogen and oxygen atoms in total. The lowest BCUT2D eigenvalue weighted by Crippen LogP contribution is -2.10. The lowest BCUT2D eigenvalue weighted by molar-refractivity contribution is -0.0488. The number of alkyl halides is 1. The van der Waals surface area contributed by atoms with E-state index in [-0.39, 0.29) is 6.10 Å². The van der Waals surface area contributed by atoms with Crippen LogP contribution >= 0.6 is 0 Å². The number of hydrogen-bond acceptors (Lipinski definition) is 2. The molecule has 0 amide bonds. The summed E-state index contributed by atoms with van der Waals surface area (Å²) in [6.45, 7) is 3.09. The first-order valence-electron chi connectivity index (χ1n) is 3.70. The summed E-state index contributed by atoms with van der Waals surface area (Å²) in [4.78, 5) is 0. The zero-order valence-corrected chi connectivity index (χ0v) is 6.18. The van der Waals surface area contributed by atoms with Crippen LogP contribution in [0.25, 0.3) is 0 Å². The zero-order valence-electron chi connectivity index (χ0n) is 6.18. The number of rotatable bonds is 5. The average Bonchev–Trinajstić information content (AvgIpc) is 2.67. The van der Waals surface area contributed by atoms with E-state index in [1.165, 1.54) is 0 Å². The van der Waals surface area contributed by atoms with Crippen molar-refractivity contribution in [2.45, 2.75) is 32.2 Å². The van der Waals surface area contributed by atoms with E-state index in [1.54, 1.807) is 0 Å². The standard InChI is InChI=1S/C7H13FO2/c1-2-3-7(8)10-5-6-4-9-6/h6-7H,2-5H2,1H3. The van der Waals surface area contributed by atoms with Crippen molar-refractivity contribution in [3.63, 3.8) is 0 Å². The second-order valence-electron chi connectivity index (χ2n) is 2.49. The number of hydrogen-bond donors (Lipinski definition) is 0. The lowest BCUT2D eigenvalue weighted by atomic mass is 10.3. The maximum Gasteiger partial charge on any atom is 0.198 e. The largest absolute Gasteiger partial charge is 0.371 e. The molecule has 0 aromatic carbocycles. The lowest BCUT2D eigenvalue weighted by Gasteiger charge is -2.05. The van der Waals surface area contributed by atoms with Gasteiger partial charge < -0.3 is 9.47 Å². The normalized spacial score (nSPS) is 26.4. The molecular formula is C7H13FO2. The Balaban J connectivity index is 1.89. The van der Waals surface area contributed by atoms with Gasteiger partial charge in [-0.05, 0) is 0 Å². The Bertz CT molecular complexity index is 93.6. The molecule has 0 saturated carbocycles. The van der Waals surface area contributed by atoms with Crippen LogP contribution in [0.15, 0.2) is 0 Å². The second kappa shape index (κ2) is 3.88. The molecule has 0 radical (unpaired) electrons. The van der Waals surface area contributed by atoms with Gasteiger partial charge in [-0.1, -0.05) is 13.3 Å². The van der Waals surface area contributed by atoms with Crippen LogP contribution < -0.4 is 0 Å². The van der Waals surface area contributed by atoms with Crippen LogP contribution in [0, 0.1) is 0 Å². The number of halogens is 1. The summed E-state index contributed by atoms with van der Waals surface area (Å²) in [6.07, 6.45) is 0.406. The molecule has 2 atom stereocenters. The summed E-state index contributed by atoms with van der Waals surface area (Å²) in [5.41, 5.74) is 0. The molecule has 1 rings (SSSR count). The van der Waals surface area contributed by atoms with Crippen molar-refractivity contribution in [1.29, 1.82) is 0 Å². The monoisotopic (exact) mass is 148 g/mol. The third kappa shape index (κ3) is 3.13. The minimum Gasteiger partial charge on any atom is -0.371 e. The SMILES string of the molecule is CCCC(F)OCC1CO1. The van der Waals surface area contributed by atoms with E-state index in [9.17, 15) is 4.39 Å². The van der Waals surface area contributed by atoms with Gasteiger partial charge in [-0.3, -0.25) is 0 Å². The van der Waals surface area contributed by atoms with Crippen molar-refractivity contribution < 1.29 is 13.9 Å². The third-order valence-electron chi connectivity index (χ3n) is 1.38. The van der Waals surface area contributed by atoms with Gasteiger partial charge in [-0.15, -0.1) is 0 Å². The Morgan fingerprint density at radius 3 is 3.00 bits per heavy atom. The van der Waals surface area contributed by atoms with Crippen LogP contribution in [0.2, 0.25) is 0 Å². The van der Waals surface area contributed by atoms with Crippen LogP contribution in [0.3, 0.4) is 0 Å². The summed E-state index contributed by atoms with van der Waals surface area (Å²) < 4.78 is 22.2. The molecule has 0 spiro atoms. The van der Waals surface area contributed by atoms with Gasteiger partial charge in [0.05, 0.1) is 13.2 Å². The van der Waals surface area contributed by atoms with Crippen LogP contribution in [-0.2, 0) is 9.47 Å². The summed E-state index contributed by atoms with van der Waals surface area (Å²) in [6, 6.07) is 0. The van der Waals surface area contributed by atoms with Gasteiger partial charge in [-0.25, -0.2) is 4.39 Å². The predicted molar refractivity (Wildman–Crippen MR) is 35.5 cm³/mol. The molecule has 1 saturated heterocycles. The minimum absolute atomic E-state index is 0.176. The Labute approximate surface area is 60.3 Å². The van der Waals surface area contributed by atoms with Crippen molar-refractivity contribution in [1.82, 2.24) is 0 Å². The van der Waals surface area contributed by atoms with Crippen LogP contribution in [0.4, 0.5) is 4.39 Å². The first-order chi connectivity index (χ1) is 4.83. The molecule has 0 aromatic rings. The predicted octanol–water partition coefficient (Wildman–Crippen LogP) is 1.50. The van der Waals surface area contributed by atoms with Gasteiger partial charge in [0, 0.05) is 6.42 Å². The van der Waals surface area contributed by atoms with E-state index in [0.717, 1.165) is 13.0 Å². The minimum atomic E-state index is -1.09.